The van der Waals surface area contributed by atoms with E-state index in [4.69, 9.17) is 10.8 Å². The summed E-state index contributed by atoms with van der Waals surface area (Å²) in [6, 6.07) is 4.38. The number of carbonyl (C=O) groups excluding carboxylic acids is 1. The number of aromatic carboxylic acids is 1. The number of benzene rings is 1. The van der Waals surface area contributed by atoms with Crippen molar-refractivity contribution in [3.8, 4) is 0 Å². The zero-order valence-electron chi connectivity index (χ0n) is 10.1. The average molecular weight is 356 g/mol. The van der Waals surface area contributed by atoms with Crippen LogP contribution in [-0.4, -0.2) is 22.0 Å². The largest absolute Gasteiger partial charge is 0.478 e. The van der Waals surface area contributed by atoms with Crippen molar-refractivity contribution in [2.75, 3.05) is 11.1 Å². The SMILES string of the molecule is Nc1nc(CC(=O)Nc2ccc(C(=O)O)cc2Br)cs1. The fourth-order valence-corrected chi connectivity index (χ4v) is 2.55. The summed E-state index contributed by atoms with van der Waals surface area (Å²) in [5.41, 5.74) is 6.73. The normalized spacial score (nSPS) is 10.2. The Morgan fingerprint density at radius 3 is 2.75 bits per heavy atom. The van der Waals surface area contributed by atoms with E-state index in [1.165, 1.54) is 29.5 Å². The maximum atomic E-state index is 11.8. The van der Waals surface area contributed by atoms with Crippen LogP contribution < -0.4 is 11.1 Å². The van der Waals surface area contributed by atoms with Gasteiger partial charge in [0.25, 0.3) is 0 Å². The Hall–Kier alpha value is -1.93. The van der Waals surface area contributed by atoms with Crippen LogP contribution in [0.2, 0.25) is 0 Å². The van der Waals surface area contributed by atoms with Gasteiger partial charge in [-0.2, -0.15) is 0 Å². The number of thiazole rings is 1. The number of aromatic nitrogens is 1. The molecule has 0 atom stereocenters. The molecule has 0 saturated carbocycles. The van der Waals surface area contributed by atoms with Gasteiger partial charge in [-0.3, -0.25) is 4.79 Å². The topological polar surface area (TPSA) is 105 Å². The molecular formula is C12H10BrN3O3S. The number of rotatable bonds is 4. The third-order valence-electron chi connectivity index (χ3n) is 2.40. The Morgan fingerprint density at radius 2 is 2.20 bits per heavy atom. The van der Waals surface area contributed by atoms with Crippen molar-refractivity contribution in [2.45, 2.75) is 6.42 Å². The first kappa shape index (κ1) is 14.5. The third kappa shape index (κ3) is 3.55. The van der Waals surface area contributed by atoms with E-state index in [1.807, 2.05) is 0 Å². The molecule has 0 radical (unpaired) electrons. The summed E-state index contributed by atoms with van der Waals surface area (Å²) in [4.78, 5) is 26.6. The Balaban J connectivity index is 2.06. The van der Waals surface area contributed by atoms with E-state index in [0.29, 0.717) is 21.0 Å². The van der Waals surface area contributed by atoms with Crippen LogP contribution in [0.5, 0.6) is 0 Å². The van der Waals surface area contributed by atoms with Gasteiger partial charge in [0.1, 0.15) is 0 Å². The number of carboxylic acid groups (broad SMARTS) is 1. The fourth-order valence-electron chi connectivity index (χ4n) is 1.51. The molecule has 0 spiro atoms. The van der Waals surface area contributed by atoms with Gasteiger partial charge in [-0.1, -0.05) is 0 Å². The number of halogens is 1. The zero-order chi connectivity index (χ0) is 14.7. The molecule has 104 valence electrons. The fraction of sp³-hybridized carbons (Fsp3) is 0.0833. The van der Waals surface area contributed by atoms with E-state index in [0.717, 1.165) is 0 Å². The Morgan fingerprint density at radius 1 is 1.45 bits per heavy atom. The minimum atomic E-state index is -1.03. The third-order valence-corrected chi connectivity index (χ3v) is 3.78. The number of hydrogen-bond acceptors (Lipinski definition) is 5. The molecule has 1 amide bonds. The Labute approximate surface area is 126 Å². The van der Waals surface area contributed by atoms with Crippen LogP contribution in [0.3, 0.4) is 0 Å². The highest BCUT2D eigenvalue weighted by Crippen LogP contribution is 2.24. The maximum absolute atomic E-state index is 11.8. The lowest BCUT2D eigenvalue weighted by molar-refractivity contribution is -0.115. The Kier molecular flexibility index (Phi) is 4.35. The van der Waals surface area contributed by atoms with Crippen LogP contribution in [0.25, 0.3) is 0 Å². The molecule has 0 unspecified atom stereocenters. The second-order valence-electron chi connectivity index (χ2n) is 3.90. The predicted octanol–water partition coefficient (Wildman–Crippen LogP) is 2.37. The number of amides is 1. The second-order valence-corrected chi connectivity index (χ2v) is 5.65. The van der Waals surface area contributed by atoms with E-state index in [1.54, 1.807) is 5.38 Å². The molecule has 8 heteroatoms. The van der Waals surface area contributed by atoms with Crippen molar-refractivity contribution in [1.82, 2.24) is 4.98 Å². The summed E-state index contributed by atoms with van der Waals surface area (Å²) in [6.07, 6.45) is 0.112. The smallest absolute Gasteiger partial charge is 0.335 e. The lowest BCUT2D eigenvalue weighted by Crippen LogP contribution is -2.15. The zero-order valence-corrected chi connectivity index (χ0v) is 12.5. The van der Waals surface area contributed by atoms with Crippen molar-refractivity contribution in [1.29, 1.82) is 0 Å². The van der Waals surface area contributed by atoms with Gasteiger partial charge in [-0.05, 0) is 34.1 Å². The highest BCUT2D eigenvalue weighted by Gasteiger charge is 2.11. The minimum absolute atomic E-state index is 0.112. The molecule has 20 heavy (non-hydrogen) atoms. The number of nitrogens with two attached hydrogens (primary N) is 1. The first-order valence-electron chi connectivity index (χ1n) is 5.48. The number of nitrogens with zero attached hydrogens (tertiary/aromatic N) is 1. The molecule has 0 saturated heterocycles. The highest BCUT2D eigenvalue weighted by atomic mass is 79.9. The monoisotopic (exact) mass is 355 g/mol. The van der Waals surface area contributed by atoms with Gasteiger partial charge < -0.3 is 16.2 Å². The van der Waals surface area contributed by atoms with Gasteiger partial charge in [0.05, 0.1) is 23.4 Å². The number of carbonyl (C=O) groups is 2. The quantitative estimate of drug-likeness (QED) is 0.780. The first-order valence-corrected chi connectivity index (χ1v) is 7.15. The van der Waals surface area contributed by atoms with Crippen LogP contribution in [-0.2, 0) is 11.2 Å². The van der Waals surface area contributed by atoms with Gasteiger partial charge in [0.15, 0.2) is 5.13 Å². The summed E-state index contributed by atoms with van der Waals surface area (Å²) in [5.74, 6) is -1.28. The molecule has 1 aromatic carbocycles. The van der Waals surface area contributed by atoms with Gasteiger partial charge in [-0.15, -0.1) is 11.3 Å². The van der Waals surface area contributed by atoms with E-state index in [-0.39, 0.29) is 17.9 Å². The summed E-state index contributed by atoms with van der Waals surface area (Å²) in [6.45, 7) is 0. The molecule has 2 aromatic rings. The summed E-state index contributed by atoms with van der Waals surface area (Å²) in [5, 5.41) is 13.7. The van der Waals surface area contributed by atoms with Crippen LogP contribution in [0.1, 0.15) is 16.1 Å². The summed E-state index contributed by atoms with van der Waals surface area (Å²) in [7, 11) is 0. The minimum Gasteiger partial charge on any atom is -0.478 e. The number of nitrogens with one attached hydrogen (secondary N) is 1. The average Bonchev–Trinajstić information content (AvgIpc) is 2.77. The molecular weight excluding hydrogens is 346 g/mol. The van der Waals surface area contributed by atoms with Crippen LogP contribution in [0.15, 0.2) is 28.1 Å². The van der Waals surface area contributed by atoms with Crippen molar-refractivity contribution in [3.05, 3.63) is 39.3 Å². The van der Waals surface area contributed by atoms with E-state index in [9.17, 15) is 9.59 Å². The number of carboxylic acids is 1. The molecule has 0 bridgehead atoms. The number of hydrogen-bond donors (Lipinski definition) is 3. The molecule has 0 fully saturated rings. The predicted molar refractivity (Wildman–Crippen MR) is 80.0 cm³/mol. The molecule has 1 aromatic heterocycles. The first-order chi connectivity index (χ1) is 9.45. The molecule has 0 aliphatic carbocycles. The van der Waals surface area contributed by atoms with Gasteiger partial charge in [0.2, 0.25) is 5.91 Å². The lowest BCUT2D eigenvalue weighted by atomic mass is 10.2. The van der Waals surface area contributed by atoms with E-state index >= 15 is 0 Å². The molecule has 1 heterocycles. The summed E-state index contributed by atoms with van der Waals surface area (Å²) >= 11 is 4.50. The molecule has 0 aliphatic rings. The van der Waals surface area contributed by atoms with E-state index in [2.05, 4.69) is 26.2 Å². The lowest BCUT2D eigenvalue weighted by Gasteiger charge is -2.07. The van der Waals surface area contributed by atoms with Gasteiger partial charge in [0, 0.05) is 9.85 Å². The molecule has 4 N–H and O–H groups in total. The highest BCUT2D eigenvalue weighted by molar-refractivity contribution is 9.10. The number of nitrogen functional groups attached to an aromatic ring is 1. The van der Waals surface area contributed by atoms with Crippen molar-refractivity contribution in [2.24, 2.45) is 0 Å². The van der Waals surface area contributed by atoms with E-state index < -0.39 is 5.97 Å². The standard InChI is InChI=1S/C12H10BrN3O3S/c13-8-3-6(11(18)19)1-2-9(8)16-10(17)4-7-5-20-12(14)15-7/h1-3,5H,4H2,(H2,14,15)(H,16,17)(H,18,19). The van der Waals surface area contributed by atoms with Crippen molar-refractivity contribution in [3.63, 3.8) is 0 Å². The van der Waals surface area contributed by atoms with Gasteiger partial charge >= 0.3 is 5.97 Å². The molecule has 2 rings (SSSR count). The van der Waals surface area contributed by atoms with Gasteiger partial charge in [-0.25, -0.2) is 9.78 Å². The van der Waals surface area contributed by atoms with Crippen LogP contribution in [0, 0.1) is 0 Å². The second kappa shape index (κ2) is 6.02. The van der Waals surface area contributed by atoms with Crippen molar-refractivity contribution >= 4 is 50.0 Å². The number of anilines is 2. The van der Waals surface area contributed by atoms with Crippen molar-refractivity contribution < 1.29 is 14.7 Å². The summed E-state index contributed by atoms with van der Waals surface area (Å²) < 4.78 is 0.503. The molecule has 6 nitrogen and oxygen atoms in total. The van der Waals surface area contributed by atoms with Crippen LogP contribution >= 0.6 is 27.3 Å². The van der Waals surface area contributed by atoms with Crippen LogP contribution in [0.4, 0.5) is 10.8 Å². The molecule has 0 aliphatic heterocycles. The Bertz CT molecular complexity index is 672. The maximum Gasteiger partial charge on any atom is 0.335 e.